The summed E-state index contributed by atoms with van der Waals surface area (Å²) in [5, 5.41) is 0. The van der Waals surface area contributed by atoms with Gasteiger partial charge in [0, 0.05) is 24.7 Å². The van der Waals surface area contributed by atoms with Crippen molar-refractivity contribution < 1.29 is 0 Å². The molecule has 0 unspecified atom stereocenters. The highest BCUT2D eigenvalue weighted by atomic mass is 16.2. The van der Waals surface area contributed by atoms with Crippen molar-refractivity contribution in [2.75, 3.05) is 0 Å². The molecule has 0 aromatic carbocycles. The van der Waals surface area contributed by atoms with E-state index < -0.39 is 5.69 Å². The number of rotatable bonds is 2. The van der Waals surface area contributed by atoms with Gasteiger partial charge in [-0.2, -0.15) is 0 Å². The normalized spacial score (nSPS) is 10.1. The third-order valence-corrected chi connectivity index (χ3v) is 1.86. The summed E-state index contributed by atoms with van der Waals surface area (Å²) in [5.41, 5.74) is -0.832. The van der Waals surface area contributed by atoms with Crippen molar-refractivity contribution in [1.29, 1.82) is 0 Å². The lowest BCUT2D eigenvalue weighted by Crippen LogP contribution is -2.34. The minimum Gasteiger partial charge on any atom is -0.314 e. The summed E-state index contributed by atoms with van der Waals surface area (Å²) in [4.78, 5) is 32.9. The Hall–Kier alpha value is -2.24. The van der Waals surface area contributed by atoms with Crippen LogP contribution in [0.1, 0.15) is 5.82 Å². The van der Waals surface area contributed by atoms with Gasteiger partial charge in [-0.1, -0.05) is 0 Å². The molecule has 2 aromatic rings. The maximum absolute atomic E-state index is 11.3. The van der Waals surface area contributed by atoms with Crippen LogP contribution in [0.5, 0.6) is 0 Å². The maximum atomic E-state index is 11.3. The average Bonchev–Trinajstić information content (AvgIpc) is 2.25. The number of nitrogens with one attached hydrogen (secondary N) is 1. The van der Waals surface area contributed by atoms with Crippen LogP contribution in [0.2, 0.25) is 0 Å². The van der Waals surface area contributed by atoms with E-state index in [9.17, 15) is 9.59 Å². The lowest BCUT2D eigenvalue weighted by Gasteiger charge is -2.01. The summed E-state index contributed by atoms with van der Waals surface area (Å²) >= 11 is 0. The third-order valence-electron chi connectivity index (χ3n) is 1.86. The molecule has 0 radical (unpaired) electrons. The third kappa shape index (κ3) is 1.98. The van der Waals surface area contributed by atoms with Gasteiger partial charge in [0.2, 0.25) is 0 Å². The standard InChI is InChI=1S/C9H8N4O2/c14-8-2-5-12-9(15)13(8)6-7-10-3-1-4-11-7/h1-5H,6H2,(H,12,15). The van der Waals surface area contributed by atoms with E-state index in [1.807, 2.05) is 0 Å². The second-order valence-electron chi connectivity index (χ2n) is 2.87. The van der Waals surface area contributed by atoms with Crippen LogP contribution in [0.25, 0.3) is 0 Å². The van der Waals surface area contributed by atoms with Gasteiger partial charge in [0.15, 0.2) is 0 Å². The highest BCUT2D eigenvalue weighted by Gasteiger charge is 2.02. The largest absolute Gasteiger partial charge is 0.328 e. The molecule has 0 amide bonds. The van der Waals surface area contributed by atoms with E-state index in [1.54, 1.807) is 18.5 Å². The number of nitrogens with zero attached hydrogens (tertiary/aromatic N) is 3. The van der Waals surface area contributed by atoms with Crippen molar-refractivity contribution in [3.05, 3.63) is 57.4 Å². The average molecular weight is 204 g/mol. The first-order valence-electron chi connectivity index (χ1n) is 4.32. The molecule has 15 heavy (non-hydrogen) atoms. The number of aromatic nitrogens is 4. The first-order valence-corrected chi connectivity index (χ1v) is 4.32. The van der Waals surface area contributed by atoms with Gasteiger partial charge in [0.1, 0.15) is 5.82 Å². The Bertz CT molecular complexity index is 530. The Morgan fingerprint density at radius 1 is 1.27 bits per heavy atom. The summed E-state index contributed by atoms with van der Waals surface area (Å²) in [6.07, 6.45) is 4.43. The zero-order chi connectivity index (χ0) is 10.7. The summed E-state index contributed by atoms with van der Waals surface area (Å²) < 4.78 is 1.04. The first-order chi connectivity index (χ1) is 7.27. The number of aromatic amines is 1. The summed E-state index contributed by atoms with van der Waals surface area (Å²) in [5.74, 6) is 0.427. The number of hydrogen-bond acceptors (Lipinski definition) is 4. The van der Waals surface area contributed by atoms with Gasteiger partial charge in [-0.25, -0.2) is 14.8 Å². The molecule has 0 atom stereocenters. The van der Waals surface area contributed by atoms with Crippen LogP contribution >= 0.6 is 0 Å². The van der Waals surface area contributed by atoms with Crippen LogP contribution in [-0.2, 0) is 6.54 Å². The molecule has 0 saturated heterocycles. The fourth-order valence-corrected chi connectivity index (χ4v) is 1.15. The topological polar surface area (TPSA) is 80.6 Å². The Balaban J connectivity index is 2.41. The highest BCUT2D eigenvalue weighted by molar-refractivity contribution is 4.92. The predicted octanol–water partition coefficient (Wildman–Crippen LogP) is -0.625. The van der Waals surface area contributed by atoms with Crippen molar-refractivity contribution in [2.45, 2.75) is 6.54 Å². The Labute approximate surface area is 84.3 Å². The fraction of sp³-hybridized carbons (Fsp3) is 0.111. The molecule has 0 saturated carbocycles. The molecule has 0 aliphatic carbocycles. The lowest BCUT2D eigenvalue weighted by molar-refractivity contribution is 0.666. The van der Waals surface area contributed by atoms with Gasteiger partial charge in [-0.05, 0) is 6.07 Å². The quantitative estimate of drug-likeness (QED) is 0.706. The minimum atomic E-state index is -0.463. The summed E-state index contributed by atoms with van der Waals surface area (Å²) in [6, 6.07) is 2.95. The van der Waals surface area contributed by atoms with Gasteiger partial charge in [0.05, 0.1) is 6.54 Å². The van der Waals surface area contributed by atoms with E-state index in [4.69, 9.17) is 0 Å². The Kier molecular flexibility index (Phi) is 2.40. The van der Waals surface area contributed by atoms with E-state index in [2.05, 4.69) is 15.0 Å². The summed E-state index contributed by atoms with van der Waals surface area (Å²) in [7, 11) is 0. The van der Waals surface area contributed by atoms with Crippen molar-refractivity contribution in [2.24, 2.45) is 0 Å². The van der Waals surface area contributed by atoms with Crippen LogP contribution in [0, 0.1) is 0 Å². The van der Waals surface area contributed by atoms with E-state index in [1.165, 1.54) is 12.3 Å². The van der Waals surface area contributed by atoms with Crippen LogP contribution < -0.4 is 11.2 Å². The lowest BCUT2D eigenvalue weighted by atomic mass is 10.5. The smallest absolute Gasteiger partial charge is 0.314 e. The SMILES string of the molecule is O=c1cc[nH]c(=O)n1Cc1ncccn1. The number of hydrogen-bond donors (Lipinski definition) is 1. The van der Waals surface area contributed by atoms with Crippen molar-refractivity contribution in [1.82, 2.24) is 19.5 Å². The van der Waals surface area contributed by atoms with Crippen molar-refractivity contribution in [3.63, 3.8) is 0 Å². The molecule has 6 heteroatoms. The molecular weight excluding hydrogens is 196 g/mol. The second-order valence-corrected chi connectivity index (χ2v) is 2.87. The molecule has 0 bridgehead atoms. The molecule has 2 heterocycles. The van der Waals surface area contributed by atoms with Crippen LogP contribution in [0.15, 0.2) is 40.3 Å². The van der Waals surface area contributed by atoms with E-state index >= 15 is 0 Å². The van der Waals surface area contributed by atoms with Crippen LogP contribution in [0.3, 0.4) is 0 Å². The molecule has 76 valence electrons. The van der Waals surface area contributed by atoms with Crippen LogP contribution in [0.4, 0.5) is 0 Å². The van der Waals surface area contributed by atoms with E-state index in [0.717, 1.165) is 4.57 Å². The number of H-pyrrole nitrogens is 1. The molecule has 0 aliphatic rings. The zero-order valence-corrected chi connectivity index (χ0v) is 7.75. The fourth-order valence-electron chi connectivity index (χ4n) is 1.15. The molecule has 2 rings (SSSR count). The Morgan fingerprint density at radius 2 is 2.00 bits per heavy atom. The van der Waals surface area contributed by atoms with E-state index in [0.29, 0.717) is 5.82 Å². The van der Waals surface area contributed by atoms with Gasteiger partial charge < -0.3 is 4.98 Å². The predicted molar refractivity (Wildman–Crippen MR) is 52.5 cm³/mol. The van der Waals surface area contributed by atoms with Crippen molar-refractivity contribution in [3.8, 4) is 0 Å². The van der Waals surface area contributed by atoms with E-state index in [-0.39, 0.29) is 12.1 Å². The van der Waals surface area contributed by atoms with Gasteiger partial charge in [-0.15, -0.1) is 0 Å². The monoisotopic (exact) mass is 204 g/mol. The molecule has 0 aliphatic heterocycles. The van der Waals surface area contributed by atoms with Crippen molar-refractivity contribution >= 4 is 0 Å². The zero-order valence-electron chi connectivity index (χ0n) is 7.75. The Morgan fingerprint density at radius 3 is 2.67 bits per heavy atom. The molecule has 2 aromatic heterocycles. The van der Waals surface area contributed by atoms with Crippen LogP contribution in [-0.4, -0.2) is 19.5 Å². The first kappa shape index (κ1) is 9.32. The second kappa shape index (κ2) is 3.87. The van der Waals surface area contributed by atoms with Gasteiger partial charge in [0.25, 0.3) is 5.56 Å². The minimum absolute atomic E-state index is 0.0792. The molecular formula is C9H8N4O2. The molecule has 6 nitrogen and oxygen atoms in total. The summed E-state index contributed by atoms with van der Waals surface area (Å²) in [6.45, 7) is 0.0792. The maximum Gasteiger partial charge on any atom is 0.328 e. The highest BCUT2D eigenvalue weighted by Crippen LogP contribution is 1.87. The molecule has 1 N–H and O–H groups in total. The molecule has 0 spiro atoms. The molecule has 0 fully saturated rings. The van der Waals surface area contributed by atoms with Gasteiger partial charge >= 0.3 is 5.69 Å². The van der Waals surface area contributed by atoms with Gasteiger partial charge in [-0.3, -0.25) is 9.36 Å².